The lowest BCUT2D eigenvalue weighted by atomic mass is 9.96. The fourth-order valence-corrected chi connectivity index (χ4v) is 3.17. The molecule has 1 aromatic heterocycles. The summed E-state index contributed by atoms with van der Waals surface area (Å²) in [6.45, 7) is 2.38. The van der Waals surface area contributed by atoms with Gasteiger partial charge >= 0.3 is 0 Å². The normalized spacial score (nSPS) is 10.8. The van der Waals surface area contributed by atoms with Gasteiger partial charge in [-0.1, -0.05) is 59.6 Å². The van der Waals surface area contributed by atoms with Crippen LogP contribution >= 0.6 is 23.2 Å². The fraction of sp³-hybridized carbons (Fsp3) is 0.105. The van der Waals surface area contributed by atoms with Crippen molar-refractivity contribution in [2.75, 3.05) is 0 Å². The maximum absolute atomic E-state index is 6.40. The summed E-state index contributed by atoms with van der Waals surface area (Å²) in [5.74, 6) is 0. The van der Waals surface area contributed by atoms with Crippen LogP contribution in [0.3, 0.4) is 0 Å². The summed E-state index contributed by atoms with van der Waals surface area (Å²) in [4.78, 5) is 4.70. The number of benzene rings is 2. The third-order valence-corrected chi connectivity index (χ3v) is 4.37. The van der Waals surface area contributed by atoms with Gasteiger partial charge in [0.1, 0.15) is 0 Å². The predicted molar refractivity (Wildman–Crippen MR) is 97.8 cm³/mol. The van der Waals surface area contributed by atoms with Crippen LogP contribution in [0.15, 0.2) is 54.6 Å². The number of halogens is 2. The second kappa shape index (κ2) is 6.71. The first-order valence-electron chi connectivity index (χ1n) is 7.31. The zero-order chi connectivity index (χ0) is 16.4. The number of aryl methyl sites for hydroxylation is 1. The van der Waals surface area contributed by atoms with Crippen LogP contribution in [-0.4, -0.2) is 4.98 Å². The van der Waals surface area contributed by atoms with Gasteiger partial charge in [-0.3, -0.25) is 4.98 Å². The van der Waals surface area contributed by atoms with Gasteiger partial charge in [0.25, 0.3) is 0 Å². The maximum atomic E-state index is 6.40. The Hall–Kier alpha value is -1.87. The third kappa shape index (κ3) is 3.25. The lowest BCUT2D eigenvalue weighted by Gasteiger charge is -2.15. The van der Waals surface area contributed by atoms with Crippen molar-refractivity contribution in [3.8, 4) is 22.4 Å². The average Bonchev–Trinajstić information content (AvgIpc) is 2.55. The minimum Gasteiger partial charge on any atom is -0.326 e. The fourth-order valence-electron chi connectivity index (χ4n) is 2.66. The molecule has 0 aliphatic rings. The number of nitrogens with two attached hydrogens (primary N) is 1. The molecule has 0 unspecified atom stereocenters. The lowest BCUT2D eigenvalue weighted by molar-refractivity contribution is 1.01. The van der Waals surface area contributed by atoms with Gasteiger partial charge in [-0.05, 0) is 36.2 Å². The van der Waals surface area contributed by atoms with E-state index in [1.165, 1.54) is 0 Å². The molecule has 3 aromatic rings. The van der Waals surface area contributed by atoms with Crippen LogP contribution < -0.4 is 5.73 Å². The van der Waals surface area contributed by atoms with Crippen molar-refractivity contribution in [1.29, 1.82) is 0 Å². The van der Waals surface area contributed by atoms with E-state index in [2.05, 4.69) is 0 Å². The third-order valence-electron chi connectivity index (χ3n) is 3.83. The van der Waals surface area contributed by atoms with Gasteiger partial charge in [-0.2, -0.15) is 0 Å². The first kappa shape index (κ1) is 16.0. The summed E-state index contributed by atoms with van der Waals surface area (Å²) < 4.78 is 0. The van der Waals surface area contributed by atoms with Crippen molar-refractivity contribution in [3.05, 3.63) is 75.9 Å². The van der Waals surface area contributed by atoms with E-state index in [0.29, 0.717) is 16.6 Å². The summed E-state index contributed by atoms with van der Waals surface area (Å²) >= 11 is 12.4. The molecule has 0 radical (unpaired) electrons. The van der Waals surface area contributed by atoms with Crippen LogP contribution in [0.5, 0.6) is 0 Å². The van der Waals surface area contributed by atoms with Gasteiger partial charge in [-0.25, -0.2) is 0 Å². The quantitative estimate of drug-likeness (QED) is 0.683. The topological polar surface area (TPSA) is 38.9 Å². The molecule has 0 saturated heterocycles. The smallest absolute Gasteiger partial charge is 0.0711 e. The Balaban J connectivity index is 2.24. The Morgan fingerprint density at radius 1 is 0.957 bits per heavy atom. The highest BCUT2D eigenvalue weighted by Crippen LogP contribution is 2.35. The van der Waals surface area contributed by atoms with Crippen molar-refractivity contribution in [2.45, 2.75) is 13.5 Å². The molecule has 4 heteroatoms. The zero-order valence-electron chi connectivity index (χ0n) is 12.7. The van der Waals surface area contributed by atoms with E-state index in [1.807, 2.05) is 55.5 Å². The SMILES string of the molecule is Cc1nc(-c2ccccc2)cc(-c2ccc(Cl)cc2Cl)c1CN. The summed E-state index contributed by atoms with van der Waals surface area (Å²) in [5, 5.41) is 1.22. The van der Waals surface area contributed by atoms with E-state index in [4.69, 9.17) is 33.9 Å². The standard InChI is InChI=1S/C19H16Cl2N2/c1-12-17(11-22)16(15-8-7-14(20)9-18(15)21)10-19(23-12)13-5-3-2-4-6-13/h2-10H,11,22H2,1H3. The van der Waals surface area contributed by atoms with Crippen LogP contribution in [0.4, 0.5) is 0 Å². The molecule has 0 amide bonds. The van der Waals surface area contributed by atoms with E-state index in [1.54, 1.807) is 6.07 Å². The number of rotatable bonds is 3. The molecule has 116 valence electrons. The van der Waals surface area contributed by atoms with Crippen LogP contribution in [0.25, 0.3) is 22.4 Å². The van der Waals surface area contributed by atoms with Crippen LogP contribution in [0, 0.1) is 6.92 Å². The lowest BCUT2D eigenvalue weighted by Crippen LogP contribution is -2.05. The van der Waals surface area contributed by atoms with Crippen molar-refractivity contribution >= 4 is 23.2 Å². The maximum Gasteiger partial charge on any atom is 0.0711 e. The van der Waals surface area contributed by atoms with Gasteiger partial charge in [0.2, 0.25) is 0 Å². The van der Waals surface area contributed by atoms with Gasteiger partial charge in [0.15, 0.2) is 0 Å². The van der Waals surface area contributed by atoms with Crippen molar-refractivity contribution in [3.63, 3.8) is 0 Å². The number of hydrogen-bond donors (Lipinski definition) is 1. The highest BCUT2D eigenvalue weighted by Gasteiger charge is 2.14. The van der Waals surface area contributed by atoms with Gasteiger partial charge in [0, 0.05) is 33.4 Å². The van der Waals surface area contributed by atoms with Crippen LogP contribution in [0.2, 0.25) is 10.0 Å². The number of hydrogen-bond acceptors (Lipinski definition) is 2. The molecule has 0 aliphatic carbocycles. The molecule has 1 heterocycles. The van der Waals surface area contributed by atoms with E-state index in [0.717, 1.165) is 33.6 Å². The zero-order valence-corrected chi connectivity index (χ0v) is 14.2. The summed E-state index contributed by atoms with van der Waals surface area (Å²) in [5.41, 5.74) is 11.7. The molecule has 3 rings (SSSR count). The second-order valence-electron chi connectivity index (χ2n) is 5.31. The Morgan fingerprint density at radius 3 is 2.35 bits per heavy atom. The Morgan fingerprint density at radius 2 is 1.70 bits per heavy atom. The van der Waals surface area contributed by atoms with Crippen molar-refractivity contribution < 1.29 is 0 Å². The van der Waals surface area contributed by atoms with Gasteiger partial charge in [-0.15, -0.1) is 0 Å². The van der Waals surface area contributed by atoms with E-state index < -0.39 is 0 Å². The van der Waals surface area contributed by atoms with E-state index in [9.17, 15) is 0 Å². The van der Waals surface area contributed by atoms with E-state index in [-0.39, 0.29) is 0 Å². The molecule has 0 aliphatic heterocycles. The molecular weight excluding hydrogens is 327 g/mol. The molecular formula is C19H16Cl2N2. The van der Waals surface area contributed by atoms with Crippen molar-refractivity contribution in [1.82, 2.24) is 4.98 Å². The molecule has 2 N–H and O–H groups in total. The monoisotopic (exact) mass is 342 g/mol. The average molecular weight is 343 g/mol. The first-order valence-corrected chi connectivity index (χ1v) is 8.07. The highest BCUT2D eigenvalue weighted by atomic mass is 35.5. The van der Waals surface area contributed by atoms with Crippen LogP contribution in [-0.2, 0) is 6.54 Å². The largest absolute Gasteiger partial charge is 0.326 e. The second-order valence-corrected chi connectivity index (χ2v) is 6.16. The molecule has 0 saturated carbocycles. The van der Waals surface area contributed by atoms with Crippen LogP contribution in [0.1, 0.15) is 11.3 Å². The molecule has 23 heavy (non-hydrogen) atoms. The molecule has 0 atom stereocenters. The number of aromatic nitrogens is 1. The Kier molecular flexibility index (Phi) is 4.67. The summed E-state index contributed by atoms with van der Waals surface area (Å²) in [7, 11) is 0. The van der Waals surface area contributed by atoms with Crippen molar-refractivity contribution in [2.24, 2.45) is 5.73 Å². The molecule has 0 spiro atoms. The molecule has 2 nitrogen and oxygen atoms in total. The molecule has 2 aromatic carbocycles. The Bertz CT molecular complexity index is 845. The minimum atomic E-state index is 0.405. The number of pyridine rings is 1. The Labute approximate surface area is 145 Å². The summed E-state index contributed by atoms with van der Waals surface area (Å²) in [6, 6.07) is 17.6. The minimum absolute atomic E-state index is 0.405. The van der Waals surface area contributed by atoms with E-state index >= 15 is 0 Å². The highest BCUT2D eigenvalue weighted by molar-refractivity contribution is 6.36. The molecule has 0 bridgehead atoms. The van der Waals surface area contributed by atoms with Gasteiger partial charge in [0.05, 0.1) is 5.69 Å². The molecule has 0 fully saturated rings. The number of nitrogens with zero attached hydrogens (tertiary/aromatic N) is 1. The summed E-state index contributed by atoms with van der Waals surface area (Å²) in [6.07, 6.45) is 0. The first-order chi connectivity index (χ1) is 11.1. The van der Waals surface area contributed by atoms with Gasteiger partial charge < -0.3 is 5.73 Å². The predicted octanol–water partition coefficient (Wildman–Crippen LogP) is 5.49.